The van der Waals surface area contributed by atoms with E-state index < -0.39 is 4.92 Å². The lowest BCUT2D eigenvalue weighted by Gasteiger charge is -2.14. The molecule has 0 N–H and O–H groups in total. The number of hydrogen-bond donors (Lipinski definition) is 0. The Bertz CT molecular complexity index is 1230. The summed E-state index contributed by atoms with van der Waals surface area (Å²) in [5.41, 5.74) is 1.55. The van der Waals surface area contributed by atoms with Crippen LogP contribution < -0.4 is 0 Å². The number of carbonyl (C=O) groups is 1. The summed E-state index contributed by atoms with van der Waals surface area (Å²) < 4.78 is 1.42. The van der Waals surface area contributed by atoms with E-state index in [2.05, 4.69) is 15.9 Å². The summed E-state index contributed by atoms with van der Waals surface area (Å²) in [5, 5.41) is 11.7. The molecule has 1 amide bonds. The fraction of sp³-hybridized carbons (Fsp3) is 0.0435. The van der Waals surface area contributed by atoms with Gasteiger partial charge in [-0.05, 0) is 47.5 Å². The predicted octanol–water partition coefficient (Wildman–Crippen LogP) is 6.91. The molecule has 4 rings (SSSR count). The Morgan fingerprint density at radius 1 is 1.09 bits per heavy atom. The monoisotopic (exact) mass is 542 g/mol. The molecule has 0 saturated carbocycles. The second-order valence-electron chi connectivity index (χ2n) is 6.79. The predicted molar refractivity (Wildman–Crippen MR) is 137 cm³/mol. The summed E-state index contributed by atoms with van der Waals surface area (Å²) in [6.07, 6.45) is 1.66. The molecule has 1 heterocycles. The number of halogens is 1. The lowest BCUT2D eigenvalue weighted by Crippen LogP contribution is -2.27. The third-order valence-corrected chi connectivity index (χ3v) is 7.56. The van der Waals surface area contributed by atoms with E-state index >= 15 is 0 Å². The van der Waals surface area contributed by atoms with Crippen LogP contribution in [-0.2, 0) is 11.3 Å². The fourth-order valence-electron chi connectivity index (χ4n) is 3.04. The molecule has 1 fully saturated rings. The normalized spacial score (nSPS) is 14.9. The minimum atomic E-state index is -0.404. The molecule has 0 unspecified atom stereocenters. The Kier molecular flexibility index (Phi) is 7.10. The van der Waals surface area contributed by atoms with Crippen molar-refractivity contribution in [3.05, 3.63) is 103 Å². The van der Waals surface area contributed by atoms with Gasteiger partial charge in [0.1, 0.15) is 4.32 Å². The van der Waals surface area contributed by atoms with Crippen molar-refractivity contribution < 1.29 is 9.72 Å². The molecule has 160 valence electrons. The van der Waals surface area contributed by atoms with Gasteiger partial charge in [0.25, 0.3) is 11.6 Å². The van der Waals surface area contributed by atoms with E-state index in [-0.39, 0.29) is 11.6 Å². The zero-order valence-corrected chi connectivity index (χ0v) is 20.5. The van der Waals surface area contributed by atoms with Crippen LogP contribution in [0.5, 0.6) is 0 Å². The molecule has 0 aromatic heterocycles. The number of thiocarbonyl (C=S) groups is 1. The molecule has 3 aromatic carbocycles. The van der Waals surface area contributed by atoms with Crippen molar-refractivity contribution >= 4 is 73.7 Å². The van der Waals surface area contributed by atoms with Crippen molar-refractivity contribution in [2.45, 2.75) is 16.3 Å². The van der Waals surface area contributed by atoms with Gasteiger partial charge < -0.3 is 0 Å². The number of nitrogens with zero attached hydrogens (tertiary/aromatic N) is 2. The van der Waals surface area contributed by atoms with Crippen LogP contribution in [0.25, 0.3) is 6.08 Å². The standard InChI is InChI=1S/C23H15BrN2O3S3/c24-17-7-9-18(10-8-17)31-20-11-6-16(12-19(20)26(28)29)13-21-22(27)25(23(30)32-21)14-15-4-2-1-3-5-15/h1-13H,14H2/b21-13-. The smallest absolute Gasteiger partial charge is 0.283 e. The quantitative estimate of drug-likeness (QED) is 0.146. The number of rotatable bonds is 6. The van der Waals surface area contributed by atoms with Crippen LogP contribution in [0, 0.1) is 10.1 Å². The van der Waals surface area contributed by atoms with E-state index in [1.165, 1.54) is 29.6 Å². The van der Waals surface area contributed by atoms with Gasteiger partial charge in [-0.2, -0.15) is 0 Å². The number of nitro groups is 1. The van der Waals surface area contributed by atoms with Gasteiger partial charge in [-0.1, -0.05) is 88.1 Å². The molecule has 5 nitrogen and oxygen atoms in total. The summed E-state index contributed by atoms with van der Waals surface area (Å²) >= 11 is 11.3. The maximum atomic E-state index is 12.9. The zero-order valence-electron chi connectivity index (χ0n) is 16.4. The third kappa shape index (κ3) is 5.29. The summed E-state index contributed by atoms with van der Waals surface area (Å²) in [7, 11) is 0. The van der Waals surface area contributed by atoms with Crippen molar-refractivity contribution in [2.75, 3.05) is 0 Å². The first-order valence-corrected chi connectivity index (χ1v) is 12.3. The largest absolute Gasteiger partial charge is 0.288 e. The molecular formula is C23H15BrN2O3S3. The van der Waals surface area contributed by atoms with E-state index in [0.29, 0.717) is 26.2 Å². The zero-order chi connectivity index (χ0) is 22.7. The number of amides is 1. The van der Waals surface area contributed by atoms with E-state index in [1.807, 2.05) is 54.6 Å². The van der Waals surface area contributed by atoms with Crippen molar-refractivity contribution in [2.24, 2.45) is 0 Å². The Balaban J connectivity index is 1.57. The number of benzene rings is 3. The van der Waals surface area contributed by atoms with Gasteiger partial charge in [-0.15, -0.1) is 0 Å². The van der Waals surface area contributed by atoms with Crippen LogP contribution in [-0.4, -0.2) is 20.1 Å². The highest BCUT2D eigenvalue weighted by Crippen LogP contribution is 2.38. The molecule has 0 atom stereocenters. The van der Waals surface area contributed by atoms with Crippen LogP contribution in [0.1, 0.15) is 11.1 Å². The lowest BCUT2D eigenvalue weighted by atomic mass is 10.1. The van der Waals surface area contributed by atoms with Crippen LogP contribution in [0.15, 0.2) is 92.0 Å². The highest BCUT2D eigenvalue weighted by molar-refractivity contribution is 9.10. The van der Waals surface area contributed by atoms with Crippen LogP contribution in [0.4, 0.5) is 5.69 Å². The minimum absolute atomic E-state index is 0.00793. The van der Waals surface area contributed by atoms with Crippen LogP contribution >= 0.6 is 51.7 Å². The average molecular weight is 543 g/mol. The maximum Gasteiger partial charge on any atom is 0.283 e. The van der Waals surface area contributed by atoms with E-state index in [4.69, 9.17) is 12.2 Å². The molecule has 0 bridgehead atoms. The van der Waals surface area contributed by atoms with Gasteiger partial charge in [0.15, 0.2) is 0 Å². The highest BCUT2D eigenvalue weighted by Gasteiger charge is 2.32. The van der Waals surface area contributed by atoms with E-state index in [0.717, 1.165) is 14.9 Å². The van der Waals surface area contributed by atoms with Gasteiger partial charge in [-0.25, -0.2) is 0 Å². The molecule has 0 radical (unpaired) electrons. The topological polar surface area (TPSA) is 63.4 Å². The van der Waals surface area contributed by atoms with Gasteiger partial charge in [0, 0.05) is 15.4 Å². The van der Waals surface area contributed by atoms with Gasteiger partial charge in [0.2, 0.25) is 0 Å². The first-order valence-electron chi connectivity index (χ1n) is 9.42. The Morgan fingerprint density at radius 2 is 1.81 bits per heavy atom. The maximum absolute atomic E-state index is 12.9. The SMILES string of the molecule is O=C1/C(=C/c2ccc(Sc3ccc(Br)cc3)c([N+](=O)[O-])c2)SC(=S)N1Cc1ccccc1. The highest BCUT2D eigenvalue weighted by atomic mass is 79.9. The van der Waals surface area contributed by atoms with Crippen LogP contribution in [0.3, 0.4) is 0 Å². The van der Waals surface area contributed by atoms with Gasteiger partial charge in [0.05, 0.1) is 21.3 Å². The summed E-state index contributed by atoms with van der Waals surface area (Å²) in [6.45, 7) is 0.395. The Labute approximate surface area is 207 Å². The minimum Gasteiger partial charge on any atom is -0.288 e. The summed E-state index contributed by atoms with van der Waals surface area (Å²) in [6, 6.07) is 22.2. The number of thioether (sulfide) groups is 1. The van der Waals surface area contributed by atoms with Crippen molar-refractivity contribution in [3.8, 4) is 0 Å². The number of carbonyl (C=O) groups excluding carboxylic acids is 1. The molecule has 0 spiro atoms. The fourth-order valence-corrected chi connectivity index (χ4v) is 5.46. The average Bonchev–Trinajstić information content (AvgIpc) is 3.04. The van der Waals surface area contributed by atoms with E-state index in [9.17, 15) is 14.9 Å². The number of hydrogen-bond acceptors (Lipinski definition) is 6. The molecule has 1 aliphatic heterocycles. The van der Waals surface area contributed by atoms with Crippen molar-refractivity contribution in [1.82, 2.24) is 4.90 Å². The van der Waals surface area contributed by atoms with E-state index in [1.54, 1.807) is 23.1 Å². The van der Waals surface area contributed by atoms with Gasteiger partial charge >= 0.3 is 0 Å². The Morgan fingerprint density at radius 3 is 2.50 bits per heavy atom. The second-order valence-corrected chi connectivity index (χ2v) is 10.5. The second kappa shape index (κ2) is 9.99. The van der Waals surface area contributed by atoms with Gasteiger partial charge in [-0.3, -0.25) is 19.8 Å². The molecular weight excluding hydrogens is 528 g/mol. The number of nitro benzene ring substituents is 1. The molecule has 1 saturated heterocycles. The third-order valence-electron chi connectivity index (χ3n) is 4.58. The molecule has 0 aliphatic carbocycles. The first kappa shape index (κ1) is 22.7. The summed E-state index contributed by atoms with van der Waals surface area (Å²) in [4.78, 5) is 27.6. The first-order chi connectivity index (χ1) is 15.4. The molecule has 9 heteroatoms. The molecule has 1 aliphatic rings. The lowest BCUT2D eigenvalue weighted by molar-refractivity contribution is -0.387. The van der Waals surface area contributed by atoms with Crippen molar-refractivity contribution in [1.29, 1.82) is 0 Å². The summed E-state index contributed by atoms with van der Waals surface area (Å²) in [5.74, 6) is -0.195. The Hall–Kier alpha value is -2.46. The molecule has 3 aromatic rings. The molecule has 32 heavy (non-hydrogen) atoms. The van der Waals surface area contributed by atoms with Crippen molar-refractivity contribution in [3.63, 3.8) is 0 Å². The van der Waals surface area contributed by atoms with Crippen LogP contribution in [0.2, 0.25) is 0 Å².